The molecule has 6 atom stereocenters. The van der Waals surface area contributed by atoms with Crippen molar-refractivity contribution >= 4 is 46.8 Å². The SMILES string of the molecule is CCCCC(NC(=O)CCC(=O)C(=O)C(CCC)CC(=O)[C@@H]1C[C@@H](OCc2ccccc2)CN1C(=O)C(CC(=O)CC(CC(=O)O)c1ccccc1)C1CCCCC1)C(N)=O. The van der Waals surface area contributed by atoms with E-state index in [1.54, 1.807) is 24.3 Å². The third kappa shape index (κ3) is 15.4. The lowest BCUT2D eigenvalue weighted by Gasteiger charge is -2.34. The Bertz CT molecular complexity index is 1790. The zero-order valence-electron chi connectivity index (χ0n) is 35.9. The number of nitrogens with zero attached hydrogens (tertiary/aromatic N) is 1. The smallest absolute Gasteiger partial charge is 0.303 e. The molecule has 13 nitrogen and oxygen atoms in total. The number of benzene rings is 2. The van der Waals surface area contributed by atoms with E-state index in [-0.39, 0.29) is 81.5 Å². The number of unbranched alkanes of at least 4 members (excludes halogenated alkanes) is 1. The Morgan fingerprint density at radius 3 is 2.11 bits per heavy atom. The van der Waals surface area contributed by atoms with Gasteiger partial charge in [0, 0.05) is 62.8 Å². The molecule has 0 spiro atoms. The number of nitrogens with one attached hydrogen (secondary N) is 1. The number of carbonyl (C=O) groups is 8. The second kappa shape index (κ2) is 25.0. The van der Waals surface area contributed by atoms with Crippen molar-refractivity contribution < 1.29 is 48.2 Å². The monoisotopic (exact) mass is 843 g/mol. The first-order valence-electron chi connectivity index (χ1n) is 22.2. The molecule has 1 saturated carbocycles. The van der Waals surface area contributed by atoms with Crippen LogP contribution in [0.15, 0.2) is 60.7 Å². The summed E-state index contributed by atoms with van der Waals surface area (Å²) in [6.45, 7) is 4.14. The average Bonchev–Trinajstić information content (AvgIpc) is 3.70. The number of ether oxygens (including phenoxy) is 1. The fraction of sp³-hybridized carbons (Fsp3) is 0.583. The first kappa shape index (κ1) is 48.6. The Balaban J connectivity index is 1.53. The molecule has 3 amide bonds. The lowest BCUT2D eigenvalue weighted by molar-refractivity contribution is -0.146. The van der Waals surface area contributed by atoms with Gasteiger partial charge < -0.3 is 25.8 Å². The second-order valence-corrected chi connectivity index (χ2v) is 16.9. The first-order chi connectivity index (χ1) is 29.3. The number of hydrogen-bond donors (Lipinski definition) is 3. The van der Waals surface area contributed by atoms with E-state index in [1.165, 1.54) is 4.90 Å². The van der Waals surface area contributed by atoms with Gasteiger partial charge in [0.25, 0.3) is 0 Å². The number of primary amides is 1. The van der Waals surface area contributed by atoms with Crippen LogP contribution in [-0.4, -0.2) is 81.6 Å². The predicted octanol–water partition coefficient (Wildman–Crippen LogP) is 6.43. The second-order valence-electron chi connectivity index (χ2n) is 16.9. The molecule has 1 heterocycles. The van der Waals surface area contributed by atoms with E-state index < -0.39 is 71.7 Å². The van der Waals surface area contributed by atoms with Crippen LogP contribution in [0.1, 0.15) is 140 Å². The molecular formula is C48H65N3O10. The topological polar surface area (TPSA) is 207 Å². The Hall–Kier alpha value is -5.04. The summed E-state index contributed by atoms with van der Waals surface area (Å²) in [7, 11) is 0. The number of carboxylic acids is 1. The van der Waals surface area contributed by atoms with Gasteiger partial charge in [0.05, 0.1) is 25.2 Å². The molecule has 2 aromatic rings. The highest BCUT2D eigenvalue weighted by Gasteiger charge is 2.45. The summed E-state index contributed by atoms with van der Waals surface area (Å²) in [5.74, 6) is -7.10. The maximum Gasteiger partial charge on any atom is 0.303 e. The van der Waals surface area contributed by atoms with Crippen molar-refractivity contribution in [3.8, 4) is 0 Å². The molecule has 2 aromatic carbocycles. The molecule has 13 heteroatoms. The summed E-state index contributed by atoms with van der Waals surface area (Å²) in [6, 6.07) is 16.7. The van der Waals surface area contributed by atoms with Gasteiger partial charge >= 0.3 is 5.97 Å². The van der Waals surface area contributed by atoms with Gasteiger partial charge in [-0.3, -0.25) is 38.4 Å². The Labute approximate surface area is 359 Å². The predicted molar refractivity (Wildman–Crippen MR) is 229 cm³/mol. The first-order valence-corrected chi connectivity index (χ1v) is 22.2. The number of amides is 3. The molecule has 4 rings (SSSR count). The molecule has 332 valence electrons. The van der Waals surface area contributed by atoms with Crippen molar-refractivity contribution in [2.45, 2.75) is 154 Å². The third-order valence-electron chi connectivity index (χ3n) is 12.2. The lowest BCUT2D eigenvalue weighted by atomic mass is 9.76. The van der Waals surface area contributed by atoms with Crippen LogP contribution in [0.2, 0.25) is 0 Å². The van der Waals surface area contributed by atoms with Gasteiger partial charge in [-0.15, -0.1) is 0 Å². The maximum atomic E-state index is 14.9. The summed E-state index contributed by atoms with van der Waals surface area (Å²) in [6.07, 6.45) is 5.21. The highest BCUT2D eigenvalue weighted by atomic mass is 16.5. The van der Waals surface area contributed by atoms with Crippen LogP contribution in [0.5, 0.6) is 0 Å². The van der Waals surface area contributed by atoms with Crippen LogP contribution in [0.25, 0.3) is 0 Å². The Kier molecular flexibility index (Phi) is 20.0. The molecule has 1 aliphatic heterocycles. The van der Waals surface area contributed by atoms with Gasteiger partial charge in [0.2, 0.25) is 23.5 Å². The number of carbonyl (C=O) groups excluding carboxylic acids is 7. The number of Topliss-reactive ketones (excluding diaryl/α,β-unsaturated/α-hetero) is 4. The summed E-state index contributed by atoms with van der Waals surface area (Å²) >= 11 is 0. The standard InChI is InChI=1S/C48H65N3O10/c1-3-5-22-40(47(49)59)50-44(55)24-23-42(53)46(58)35(15-4-2)26-43(54)41-29-38(61-31-32-16-9-6-10-17-32)30-51(41)48(60)39(34-20-13-8-14-21-34)28-37(52)25-36(27-45(56)57)33-18-11-7-12-19-33/h6-7,9-12,16-19,34-36,38-41H,3-5,8,13-15,20-31H2,1-2H3,(H2,49,59)(H,50,55)(H,56,57)/t35?,36?,38-,39?,40?,41+/m1/s1. The molecular weight excluding hydrogens is 779 g/mol. The van der Waals surface area contributed by atoms with E-state index in [0.29, 0.717) is 19.3 Å². The van der Waals surface area contributed by atoms with Crippen LogP contribution < -0.4 is 11.1 Å². The van der Waals surface area contributed by atoms with Crippen molar-refractivity contribution in [3.63, 3.8) is 0 Å². The number of likely N-dealkylation sites (tertiary alicyclic amines) is 1. The van der Waals surface area contributed by atoms with Crippen LogP contribution >= 0.6 is 0 Å². The quantitative estimate of drug-likeness (QED) is 0.0840. The van der Waals surface area contributed by atoms with E-state index in [1.807, 2.05) is 50.2 Å². The largest absolute Gasteiger partial charge is 0.481 e. The normalized spacial score (nSPS) is 18.7. The fourth-order valence-corrected chi connectivity index (χ4v) is 8.90. The van der Waals surface area contributed by atoms with Gasteiger partial charge in [-0.25, -0.2) is 0 Å². The fourth-order valence-electron chi connectivity index (χ4n) is 8.90. The van der Waals surface area contributed by atoms with Crippen molar-refractivity contribution in [1.29, 1.82) is 0 Å². The number of hydrogen-bond acceptors (Lipinski definition) is 9. The van der Waals surface area contributed by atoms with Crippen molar-refractivity contribution in [2.24, 2.45) is 23.5 Å². The van der Waals surface area contributed by atoms with E-state index in [0.717, 1.165) is 49.7 Å². The Morgan fingerprint density at radius 2 is 1.49 bits per heavy atom. The minimum absolute atomic E-state index is 0.0426. The minimum atomic E-state index is -1.02. The van der Waals surface area contributed by atoms with Gasteiger partial charge in [0.15, 0.2) is 11.6 Å². The van der Waals surface area contributed by atoms with Crippen molar-refractivity contribution in [1.82, 2.24) is 10.2 Å². The van der Waals surface area contributed by atoms with Crippen LogP contribution in [0.3, 0.4) is 0 Å². The average molecular weight is 844 g/mol. The number of aliphatic carboxylic acids is 1. The molecule has 0 aromatic heterocycles. The van der Waals surface area contributed by atoms with Gasteiger partial charge in [-0.05, 0) is 42.7 Å². The molecule has 4 unspecified atom stereocenters. The maximum absolute atomic E-state index is 14.9. The highest BCUT2D eigenvalue weighted by molar-refractivity contribution is 6.38. The van der Waals surface area contributed by atoms with E-state index in [4.69, 9.17) is 10.5 Å². The van der Waals surface area contributed by atoms with Crippen molar-refractivity contribution in [2.75, 3.05) is 6.54 Å². The molecule has 4 N–H and O–H groups in total. The molecule has 2 fully saturated rings. The molecule has 0 radical (unpaired) electrons. The minimum Gasteiger partial charge on any atom is -0.481 e. The molecule has 1 aliphatic carbocycles. The van der Waals surface area contributed by atoms with Crippen LogP contribution in [0, 0.1) is 17.8 Å². The third-order valence-corrected chi connectivity index (χ3v) is 12.2. The van der Waals surface area contributed by atoms with Crippen LogP contribution in [0.4, 0.5) is 0 Å². The van der Waals surface area contributed by atoms with Gasteiger partial charge in [0.1, 0.15) is 11.8 Å². The number of rotatable bonds is 27. The van der Waals surface area contributed by atoms with Crippen LogP contribution in [-0.2, 0) is 49.7 Å². The summed E-state index contributed by atoms with van der Waals surface area (Å²) in [5, 5.41) is 12.2. The molecule has 2 aliphatic rings. The summed E-state index contributed by atoms with van der Waals surface area (Å²) in [4.78, 5) is 108. The molecule has 1 saturated heterocycles. The Morgan fingerprint density at radius 1 is 0.820 bits per heavy atom. The van der Waals surface area contributed by atoms with E-state index in [2.05, 4.69) is 5.32 Å². The highest BCUT2D eigenvalue weighted by Crippen LogP contribution is 2.37. The molecule has 0 bridgehead atoms. The number of nitrogens with two attached hydrogens (primary N) is 1. The number of ketones is 4. The zero-order chi connectivity index (χ0) is 44.3. The summed E-state index contributed by atoms with van der Waals surface area (Å²) < 4.78 is 6.29. The van der Waals surface area contributed by atoms with Crippen molar-refractivity contribution in [3.05, 3.63) is 71.8 Å². The lowest BCUT2D eigenvalue weighted by Crippen LogP contribution is -2.47. The zero-order valence-corrected chi connectivity index (χ0v) is 35.9. The van der Waals surface area contributed by atoms with E-state index >= 15 is 0 Å². The van der Waals surface area contributed by atoms with Gasteiger partial charge in [-0.1, -0.05) is 113 Å². The van der Waals surface area contributed by atoms with E-state index in [9.17, 15) is 43.5 Å². The van der Waals surface area contributed by atoms with Gasteiger partial charge in [-0.2, -0.15) is 0 Å². The molecule has 61 heavy (non-hydrogen) atoms. The number of carboxylic acid groups (broad SMARTS) is 1. The summed E-state index contributed by atoms with van der Waals surface area (Å²) in [5.41, 5.74) is 7.09.